The molecule has 3 aromatic rings. The van der Waals surface area contributed by atoms with Gasteiger partial charge in [0.25, 0.3) is 5.56 Å². The molecule has 0 aliphatic rings. The molecule has 0 spiro atoms. The van der Waals surface area contributed by atoms with Crippen LogP contribution in [0.5, 0.6) is 0 Å². The van der Waals surface area contributed by atoms with Crippen molar-refractivity contribution in [2.75, 3.05) is 5.32 Å². The Morgan fingerprint density at radius 3 is 2.20 bits per heavy atom. The highest BCUT2D eigenvalue weighted by Crippen LogP contribution is 2.22. The van der Waals surface area contributed by atoms with Crippen LogP contribution in [0.1, 0.15) is 16.8 Å². The second kappa shape index (κ2) is 8.23. The Morgan fingerprint density at radius 2 is 1.60 bits per heavy atom. The fourth-order valence-electron chi connectivity index (χ4n) is 3.14. The summed E-state index contributed by atoms with van der Waals surface area (Å²) in [6.07, 6.45) is 0. The summed E-state index contributed by atoms with van der Waals surface area (Å²) in [5.41, 5.74) is 1.27. The van der Waals surface area contributed by atoms with Gasteiger partial charge in [-0.25, -0.2) is 12.8 Å². The number of aromatic nitrogens is 1. The van der Waals surface area contributed by atoms with Gasteiger partial charge in [0.1, 0.15) is 17.3 Å². The predicted molar refractivity (Wildman–Crippen MR) is 112 cm³/mol. The summed E-state index contributed by atoms with van der Waals surface area (Å²) in [6, 6.07) is 13.0. The Kier molecular flexibility index (Phi) is 5.89. The Bertz CT molecular complexity index is 1260. The van der Waals surface area contributed by atoms with Crippen molar-refractivity contribution in [2.45, 2.75) is 37.1 Å². The van der Waals surface area contributed by atoms with Gasteiger partial charge >= 0.3 is 0 Å². The van der Waals surface area contributed by atoms with Crippen LogP contribution in [0.4, 0.5) is 10.1 Å². The molecule has 0 aliphatic carbocycles. The summed E-state index contributed by atoms with van der Waals surface area (Å²) >= 11 is 0. The molecule has 0 unspecified atom stereocenters. The molecule has 30 heavy (non-hydrogen) atoms. The number of nitrogens with zero attached hydrogens (tertiary/aromatic N) is 1. The molecule has 0 saturated carbocycles. The third-order valence-corrected chi connectivity index (χ3v) is 6.61. The average molecular weight is 428 g/mol. The molecule has 1 heterocycles. The molecular weight excluding hydrogens is 407 g/mol. The lowest BCUT2D eigenvalue weighted by Crippen LogP contribution is -2.33. The maximum absolute atomic E-state index is 13.1. The van der Waals surface area contributed by atoms with Crippen molar-refractivity contribution < 1.29 is 17.6 Å². The van der Waals surface area contributed by atoms with E-state index in [9.17, 15) is 22.4 Å². The van der Waals surface area contributed by atoms with Gasteiger partial charge in [-0.1, -0.05) is 17.7 Å². The lowest BCUT2D eigenvalue weighted by Gasteiger charge is -2.15. The molecule has 0 fully saturated rings. The van der Waals surface area contributed by atoms with E-state index in [4.69, 9.17) is 0 Å². The molecule has 3 rings (SSSR count). The molecule has 0 bridgehead atoms. The molecule has 8 heteroatoms. The van der Waals surface area contributed by atoms with Gasteiger partial charge in [0.15, 0.2) is 0 Å². The number of sulfone groups is 1. The van der Waals surface area contributed by atoms with Crippen LogP contribution in [0, 0.1) is 26.6 Å². The zero-order valence-corrected chi connectivity index (χ0v) is 17.6. The summed E-state index contributed by atoms with van der Waals surface area (Å²) in [6.45, 7) is 4.64. The second-order valence-corrected chi connectivity index (χ2v) is 8.95. The first-order valence-corrected chi connectivity index (χ1v) is 10.7. The van der Waals surface area contributed by atoms with E-state index in [2.05, 4.69) is 5.32 Å². The van der Waals surface area contributed by atoms with Crippen molar-refractivity contribution in [1.29, 1.82) is 0 Å². The van der Waals surface area contributed by atoms with Gasteiger partial charge in [-0.2, -0.15) is 0 Å². The normalized spacial score (nSPS) is 11.3. The van der Waals surface area contributed by atoms with Crippen LogP contribution in [-0.4, -0.2) is 18.9 Å². The number of amides is 1. The minimum absolute atomic E-state index is 0.0134. The van der Waals surface area contributed by atoms with E-state index < -0.39 is 27.1 Å². The number of carbonyl (C=O) groups excluding carboxylic acids is 1. The van der Waals surface area contributed by atoms with E-state index in [-0.39, 0.29) is 16.3 Å². The van der Waals surface area contributed by atoms with Crippen molar-refractivity contribution in [2.24, 2.45) is 0 Å². The number of hydrogen-bond acceptors (Lipinski definition) is 4. The highest BCUT2D eigenvalue weighted by Gasteiger charge is 2.26. The third-order valence-electron chi connectivity index (χ3n) is 4.68. The van der Waals surface area contributed by atoms with Crippen molar-refractivity contribution in [1.82, 2.24) is 4.57 Å². The van der Waals surface area contributed by atoms with E-state index in [0.29, 0.717) is 16.9 Å². The first-order valence-electron chi connectivity index (χ1n) is 9.18. The molecule has 1 amide bonds. The number of rotatable bonds is 5. The largest absolute Gasteiger partial charge is 0.325 e. The van der Waals surface area contributed by atoms with E-state index in [1.54, 1.807) is 32.0 Å². The highest BCUT2D eigenvalue weighted by molar-refractivity contribution is 7.91. The number of hydrogen-bond donors (Lipinski definition) is 1. The molecule has 2 aromatic carbocycles. The zero-order valence-electron chi connectivity index (χ0n) is 16.8. The topological polar surface area (TPSA) is 85.2 Å². The van der Waals surface area contributed by atoms with Gasteiger partial charge in [0, 0.05) is 11.4 Å². The van der Waals surface area contributed by atoms with Gasteiger partial charge < -0.3 is 9.88 Å². The predicted octanol–water partition coefficient (Wildman–Crippen LogP) is 3.38. The number of aryl methyl sites for hydroxylation is 3. The first-order chi connectivity index (χ1) is 14.1. The SMILES string of the molecule is Cc1ccc(S(=O)(=O)c2c(C)cc(C)n(CC(=O)Nc3ccc(F)cc3)c2=O)cc1. The Hall–Kier alpha value is -3.26. The molecule has 0 atom stereocenters. The third kappa shape index (κ3) is 4.33. The van der Waals surface area contributed by atoms with Gasteiger partial charge in [0.2, 0.25) is 15.7 Å². The van der Waals surface area contributed by atoms with Crippen LogP contribution in [0.15, 0.2) is 69.2 Å². The lowest BCUT2D eigenvalue weighted by molar-refractivity contribution is -0.116. The number of halogens is 1. The Labute approximate surface area is 173 Å². The minimum Gasteiger partial charge on any atom is -0.325 e. The van der Waals surface area contributed by atoms with Gasteiger partial charge in [-0.05, 0) is 68.8 Å². The molecule has 1 N–H and O–H groups in total. The van der Waals surface area contributed by atoms with E-state index >= 15 is 0 Å². The second-order valence-electron chi connectivity index (χ2n) is 7.06. The van der Waals surface area contributed by atoms with Crippen LogP contribution < -0.4 is 10.9 Å². The summed E-state index contributed by atoms with van der Waals surface area (Å²) in [4.78, 5) is 25.2. The summed E-state index contributed by atoms with van der Waals surface area (Å²) in [5.74, 6) is -0.973. The quantitative estimate of drug-likeness (QED) is 0.675. The Morgan fingerprint density at radius 1 is 1.00 bits per heavy atom. The Balaban J connectivity index is 1.99. The number of carbonyl (C=O) groups is 1. The monoisotopic (exact) mass is 428 g/mol. The fraction of sp³-hybridized carbons (Fsp3) is 0.182. The number of pyridine rings is 1. The lowest BCUT2D eigenvalue weighted by atomic mass is 10.2. The summed E-state index contributed by atoms with van der Waals surface area (Å²) < 4.78 is 40.4. The average Bonchev–Trinajstić information content (AvgIpc) is 2.67. The fourth-order valence-corrected chi connectivity index (χ4v) is 4.70. The van der Waals surface area contributed by atoms with Gasteiger partial charge in [0.05, 0.1) is 4.90 Å². The maximum Gasteiger partial charge on any atom is 0.270 e. The minimum atomic E-state index is -4.06. The molecule has 6 nitrogen and oxygen atoms in total. The molecule has 0 radical (unpaired) electrons. The molecule has 0 aliphatic heterocycles. The molecule has 0 saturated heterocycles. The van der Waals surface area contributed by atoms with Crippen molar-refractivity contribution in [3.63, 3.8) is 0 Å². The van der Waals surface area contributed by atoms with Crippen LogP contribution in [0.25, 0.3) is 0 Å². The number of nitrogens with one attached hydrogen (secondary N) is 1. The smallest absolute Gasteiger partial charge is 0.270 e. The summed E-state index contributed by atoms with van der Waals surface area (Å²) in [7, 11) is -4.06. The molecule has 156 valence electrons. The maximum atomic E-state index is 13.1. The highest BCUT2D eigenvalue weighted by atomic mass is 32.2. The van der Waals surface area contributed by atoms with Gasteiger partial charge in [-0.15, -0.1) is 0 Å². The standard InChI is InChI=1S/C22H21FN2O4S/c1-14-4-10-19(11-5-14)30(28,29)21-15(2)12-16(3)25(22(21)27)13-20(26)24-18-8-6-17(23)7-9-18/h4-12H,13H2,1-3H3,(H,24,26). The van der Waals surface area contributed by atoms with Crippen LogP contribution in [0.3, 0.4) is 0 Å². The van der Waals surface area contributed by atoms with Gasteiger partial charge in [-0.3, -0.25) is 9.59 Å². The van der Waals surface area contributed by atoms with E-state index in [1.807, 2.05) is 6.92 Å². The van der Waals surface area contributed by atoms with Crippen molar-refractivity contribution in [3.05, 3.63) is 87.6 Å². The van der Waals surface area contributed by atoms with E-state index in [0.717, 1.165) is 10.1 Å². The molecule has 1 aromatic heterocycles. The first kappa shape index (κ1) is 21.4. The molecular formula is C22H21FN2O4S. The van der Waals surface area contributed by atoms with Crippen LogP contribution in [0.2, 0.25) is 0 Å². The summed E-state index contributed by atoms with van der Waals surface area (Å²) in [5, 5.41) is 2.57. The van der Waals surface area contributed by atoms with E-state index in [1.165, 1.54) is 36.4 Å². The van der Waals surface area contributed by atoms with Crippen molar-refractivity contribution >= 4 is 21.4 Å². The number of anilines is 1. The zero-order chi connectivity index (χ0) is 22.1. The van der Waals surface area contributed by atoms with Crippen LogP contribution >= 0.6 is 0 Å². The van der Waals surface area contributed by atoms with Crippen LogP contribution in [-0.2, 0) is 21.2 Å². The number of benzene rings is 2. The van der Waals surface area contributed by atoms with Crippen molar-refractivity contribution in [3.8, 4) is 0 Å².